The minimum atomic E-state index is -0.200. The molecule has 1 aromatic carbocycles. The van der Waals surface area contributed by atoms with E-state index in [1.165, 1.54) is 5.56 Å². The lowest BCUT2D eigenvalue weighted by Gasteiger charge is -2.32. The first-order chi connectivity index (χ1) is 9.79. The number of hydrogen-bond acceptors (Lipinski definition) is 3. The van der Waals surface area contributed by atoms with Crippen LogP contribution >= 0.6 is 0 Å². The van der Waals surface area contributed by atoms with Gasteiger partial charge in [-0.1, -0.05) is 37.3 Å². The van der Waals surface area contributed by atoms with Crippen molar-refractivity contribution in [3.05, 3.63) is 35.9 Å². The smallest absolute Gasteiger partial charge is 0.166 e. The van der Waals surface area contributed by atoms with Crippen molar-refractivity contribution in [2.24, 2.45) is 5.92 Å². The molecule has 1 aliphatic heterocycles. The van der Waals surface area contributed by atoms with Crippen molar-refractivity contribution in [2.75, 3.05) is 26.2 Å². The Morgan fingerprint density at radius 2 is 2.15 bits per heavy atom. The third-order valence-corrected chi connectivity index (χ3v) is 4.39. The van der Waals surface area contributed by atoms with Gasteiger partial charge in [0.05, 0.1) is 6.61 Å². The van der Waals surface area contributed by atoms with Gasteiger partial charge in [-0.3, -0.25) is 9.69 Å². The fraction of sp³-hybridized carbons (Fsp3) is 0.588. The van der Waals surface area contributed by atoms with E-state index in [1.54, 1.807) is 0 Å². The molecule has 0 spiro atoms. The van der Waals surface area contributed by atoms with E-state index < -0.39 is 0 Å². The molecule has 3 atom stereocenters. The molecule has 1 aromatic rings. The van der Waals surface area contributed by atoms with E-state index in [0.29, 0.717) is 18.3 Å². The molecule has 0 bridgehead atoms. The molecule has 0 N–H and O–H groups in total. The van der Waals surface area contributed by atoms with Crippen LogP contribution in [0.5, 0.6) is 0 Å². The highest BCUT2D eigenvalue weighted by Gasteiger charge is 2.46. The fourth-order valence-corrected chi connectivity index (χ4v) is 3.21. The summed E-state index contributed by atoms with van der Waals surface area (Å²) >= 11 is 0. The number of morpholine rings is 1. The predicted molar refractivity (Wildman–Crippen MR) is 78.8 cm³/mol. The van der Waals surface area contributed by atoms with Crippen LogP contribution in [-0.2, 0) is 9.53 Å². The molecule has 3 heteroatoms. The van der Waals surface area contributed by atoms with Crippen LogP contribution < -0.4 is 0 Å². The lowest BCUT2D eigenvalue weighted by atomic mass is 10.0. The van der Waals surface area contributed by atoms with Crippen molar-refractivity contribution >= 4 is 5.78 Å². The second-order valence-electron chi connectivity index (χ2n) is 5.92. The highest BCUT2D eigenvalue weighted by Crippen LogP contribution is 2.48. The molecule has 0 aromatic heterocycles. The van der Waals surface area contributed by atoms with Crippen LogP contribution in [0, 0.1) is 5.92 Å². The highest BCUT2D eigenvalue weighted by atomic mass is 16.5. The normalized spacial score (nSPS) is 30.1. The standard InChI is InChI=1S/C17H23NO2/c1-2-8-18-9-10-20-16(12-18)17(19)15-11-14(15)13-6-4-3-5-7-13/h3-7,14-16H,2,8-12H2,1H3. The van der Waals surface area contributed by atoms with Crippen molar-refractivity contribution in [1.82, 2.24) is 4.90 Å². The van der Waals surface area contributed by atoms with Crippen molar-refractivity contribution in [2.45, 2.75) is 31.8 Å². The topological polar surface area (TPSA) is 29.5 Å². The van der Waals surface area contributed by atoms with E-state index >= 15 is 0 Å². The molecule has 3 nitrogen and oxygen atoms in total. The number of hydrogen-bond donors (Lipinski definition) is 0. The van der Waals surface area contributed by atoms with Gasteiger partial charge in [0, 0.05) is 19.0 Å². The number of benzene rings is 1. The molecule has 1 heterocycles. The fourth-order valence-electron chi connectivity index (χ4n) is 3.21. The zero-order valence-corrected chi connectivity index (χ0v) is 12.1. The molecule has 2 aliphatic rings. The molecule has 1 saturated heterocycles. The maximum Gasteiger partial charge on any atom is 0.166 e. The largest absolute Gasteiger partial charge is 0.368 e. The van der Waals surface area contributed by atoms with Gasteiger partial charge < -0.3 is 4.74 Å². The monoisotopic (exact) mass is 273 g/mol. The average Bonchev–Trinajstić information content (AvgIpc) is 3.29. The summed E-state index contributed by atoms with van der Waals surface area (Å²) in [6.07, 6.45) is 1.93. The summed E-state index contributed by atoms with van der Waals surface area (Å²) in [7, 11) is 0. The molecule has 0 amide bonds. The SMILES string of the molecule is CCCN1CCOC(C(=O)C2CC2c2ccccc2)C1. The van der Waals surface area contributed by atoms with Gasteiger partial charge in [0.25, 0.3) is 0 Å². The molecule has 1 saturated carbocycles. The Morgan fingerprint density at radius 3 is 2.90 bits per heavy atom. The molecule has 2 fully saturated rings. The minimum Gasteiger partial charge on any atom is -0.368 e. The Balaban J connectivity index is 1.58. The van der Waals surface area contributed by atoms with E-state index in [0.717, 1.165) is 32.5 Å². The first kappa shape index (κ1) is 13.8. The lowest BCUT2D eigenvalue weighted by molar-refractivity contribution is -0.137. The van der Waals surface area contributed by atoms with Crippen LogP contribution in [0.2, 0.25) is 0 Å². The van der Waals surface area contributed by atoms with Crippen LogP contribution in [0.25, 0.3) is 0 Å². The molecule has 20 heavy (non-hydrogen) atoms. The maximum atomic E-state index is 12.5. The van der Waals surface area contributed by atoms with Crippen LogP contribution in [0.3, 0.4) is 0 Å². The summed E-state index contributed by atoms with van der Waals surface area (Å²) in [5.74, 6) is 0.928. The number of Topliss-reactive ketones (excluding diaryl/α,β-unsaturated/α-hetero) is 1. The highest BCUT2D eigenvalue weighted by molar-refractivity contribution is 5.89. The van der Waals surface area contributed by atoms with Crippen molar-refractivity contribution in [1.29, 1.82) is 0 Å². The molecule has 3 unspecified atom stereocenters. The van der Waals surface area contributed by atoms with Gasteiger partial charge in [0.2, 0.25) is 0 Å². The van der Waals surface area contributed by atoms with Gasteiger partial charge >= 0.3 is 0 Å². The number of ether oxygens (including phenoxy) is 1. The van der Waals surface area contributed by atoms with E-state index in [4.69, 9.17) is 4.74 Å². The number of nitrogens with zero attached hydrogens (tertiary/aromatic N) is 1. The van der Waals surface area contributed by atoms with Gasteiger partial charge in [0.1, 0.15) is 6.10 Å². The zero-order valence-electron chi connectivity index (χ0n) is 12.1. The molecule has 3 rings (SSSR count). The Kier molecular flexibility index (Phi) is 4.18. The van der Waals surface area contributed by atoms with E-state index in [1.807, 2.05) is 6.07 Å². The lowest BCUT2D eigenvalue weighted by Crippen LogP contribution is -2.46. The minimum absolute atomic E-state index is 0.184. The number of carbonyl (C=O) groups excluding carboxylic acids is 1. The summed E-state index contributed by atoms with van der Waals surface area (Å²) < 4.78 is 5.71. The average molecular weight is 273 g/mol. The Morgan fingerprint density at radius 1 is 1.35 bits per heavy atom. The third kappa shape index (κ3) is 2.94. The number of rotatable bonds is 5. The van der Waals surface area contributed by atoms with Crippen LogP contribution in [0.1, 0.15) is 31.2 Å². The van der Waals surface area contributed by atoms with Gasteiger partial charge in [-0.15, -0.1) is 0 Å². The second kappa shape index (κ2) is 6.06. The first-order valence-electron chi connectivity index (χ1n) is 7.72. The first-order valence-corrected chi connectivity index (χ1v) is 7.72. The van der Waals surface area contributed by atoms with Crippen molar-refractivity contribution in [3.8, 4) is 0 Å². The summed E-state index contributed by atoms with van der Waals surface area (Å²) in [6.45, 7) is 5.69. The van der Waals surface area contributed by atoms with Gasteiger partial charge in [-0.05, 0) is 30.9 Å². The molecule has 0 radical (unpaired) electrons. The Hall–Kier alpha value is -1.19. The maximum absolute atomic E-state index is 12.5. The van der Waals surface area contributed by atoms with E-state index in [-0.39, 0.29) is 12.0 Å². The summed E-state index contributed by atoms with van der Waals surface area (Å²) in [4.78, 5) is 14.9. The molecule has 1 aliphatic carbocycles. The summed E-state index contributed by atoms with van der Waals surface area (Å²) in [6, 6.07) is 10.4. The van der Waals surface area contributed by atoms with E-state index in [9.17, 15) is 4.79 Å². The Bertz CT molecular complexity index is 457. The quantitative estimate of drug-likeness (QED) is 0.825. The van der Waals surface area contributed by atoms with Crippen LogP contribution in [-0.4, -0.2) is 43.0 Å². The van der Waals surface area contributed by atoms with Crippen molar-refractivity contribution < 1.29 is 9.53 Å². The Labute approximate surface area is 120 Å². The van der Waals surface area contributed by atoms with Crippen molar-refractivity contribution in [3.63, 3.8) is 0 Å². The third-order valence-electron chi connectivity index (χ3n) is 4.39. The number of ketones is 1. The summed E-state index contributed by atoms with van der Waals surface area (Å²) in [5.41, 5.74) is 1.30. The van der Waals surface area contributed by atoms with Gasteiger partial charge in [-0.25, -0.2) is 0 Å². The van der Waals surface area contributed by atoms with Gasteiger partial charge in [0.15, 0.2) is 5.78 Å². The molecular formula is C17H23NO2. The van der Waals surface area contributed by atoms with E-state index in [2.05, 4.69) is 36.1 Å². The van der Waals surface area contributed by atoms with Crippen LogP contribution in [0.4, 0.5) is 0 Å². The van der Waals surface area contributed by atoms with Gasteiger partial charge in [-0.2, -0.15) is 0 Å². The summed E-state index contributed by atoms with van der Waals surface area (Å²) in [5, 5.41) is 0. The van der Waals surface area contributed by atoms with Crippen LogP contribution in [0.15, 0.2) is 30.3 Å². The molecular weight excluding hydrogens is 250 g/mol. The number of carbonyl (C=O) groups is 1. The molecule has 108 valence electrons. The second-order valence-corrected chi connectivity index (χ2v) is 5.92. The predicted octanol–water partition coefficient (Wildman–Crippen LogP) is 2.47. The zero-order chi connectivity index (χ0) is 13.9.